The smallest absolute Gasteiger partial charge is 0.0991 e. The summed E-state index contributed by atoms with van der Waals surface area (Å²) in [5.74, 6) is 0. The van der Waals surface area contributed by atoms with E-state index in [4.69, 9.17) is 0 Å². The lowest BCUT2D eigenvalue weighted by Gasteiger charge is -2.45. The van der Waals surface area contributed by atoms with Crippen molar-refractivity contribution < 1.29 is 0 Å². The number of benzene rings is 2. The lowest BCUT2D eigenvalue weighted by Crippen LogP contribution is -2.58. The SMILES string of the molecule is C[C@@H]1N(C)c2ccccc2N1C(C)(C)CN1c2ccccc2N(C)[C@@H]1C. The summed E-state index contributed by atoms with van der Waals surface area (Å²) in [6.07, 6.45) is 0.700. The summed E-state index contributed by atoms with van der Waals surface area (Å²) in [5, 5.41) is 0. The van der Waals surface area contributed by atoms with E-state index in [1.807, 2.05) is 0 Å². The molecule has 4 nitrogen and oxygen atoms in total. The maximum absolute atomic E-state index is 2.58. The monoisotopic (exact) mass is 350 g/mol. The summed E-state index contributed by atoms with van der Waals surface area (Å²) < 4.78 is 0. The maximum Gasteiger partial charge on any atom is 0.0991 e. The highest BCUT2D eigenvalue weighted by atomic mass is 15.5. The number of para-hydroxylation sites is 4. The van der Waals surface area contributed by atoms with E-state index >= 15 is 0 Å². The molecule has 4 rings (SSSR count). The minimum atomic E-state index is -0.00711. The summed E-state index contributed by atoms with van der Waals surface area (Å²) in [6.45, 7) is 10.3. The van der Waals surface area contributed by atoms with Crippen LogP contribution in [0.15, 0.2) is 48.5 Å². The Morgan fingerprint density at radius 3 is 1.81 bits per heavy atom. The van der Waals surface area contributed by atoms with E-state index in [-0.39, 0.29) is 5.54 Å². The van der Waals surface area contributed by atoms with Crippen molar-refractivity contribution in [1.29, 1.82) is 0 Å². The molecule has 0 fully saturated rings. The summed E-state index contributed by atoms with van der Waals surface area (Å²) in [4.78, 5) is 9.88. The molecule has 4 heteroatoms. The standard InChI is InChI=1S/C22H30N4/c1-16-23(5)18-11-7-9-13-20(18)25(16)15-22(3,4)26-17(2)24(6)19-12-8-10-14-21(19)26/h7-14,16-17H,15H2,1-6H3/t16-,17+/m0/s1. The highest BCUT2D eigenvalue weighted by molar-refractivity contribution is 5.80. The molecule has 0 amide bonds. The number of hydrogen-bond donors (Lipinski definition) is 0. The van der Waals surface area contributed by atoms with E-state index in [0.717, 1.165) is 6.54 Å². The van der Waals surface area contributed by atoms with Gasteiger partial charge in [0.15, 0.2) is 0 Å². The molecule has 0 aliphatic carbocycles. The quantitative estimate of drug-likeness (QED) is 0.815. The molecular weight excluding hydrogens is 320 g/mol. The van der Waals surface area contributed by atoms with E-state index in [9.17, 15) is 0 Å². The molecule has 0 bridgehead atoms. The van der Waals surface area contributed by atoms with Crippen LogP contribution in [0.5, 0.6) is 0 Å². The van der Waals surface area contributed by atoms with E-state index in [1.165, 1.54) is 22.7 Å². The first-order valence-corrected chi connectivity index (χ1v) is 9.52. The molecule has 0 unspecified atom stereocenters. The number of nitrogens with zero attached hydrogens (tertiary/aromatic N) is 4. The van der Waals surface area contributed by atoms with Crippen molar-refractivity contribution in [2.75, 3.05) is 40.2 Å². The van der Waals surface area contributed by atoms with Crippen molar-refractivity contribution >= 4 is 22.7 Å². The fourth-order valence-corrected chi connectivity index (χ4v) is 4.70. The van der Waals surface area contributed by atoms with Crippen LogP contribution >= 0.6 is 0 Å². The van der Waals surface area contributed by atoms with E-state index in [2.05, 4.69) is 110 Å². The molecule has 26 heavy (non-hydrogen) atoms. The van der Waals surface area contributed by atoms with Crippen LogP contribution in [0.4, 0.5) is 22.7 Å². The zero-order valence-corrected chi connectivity index (χ0v) is 16.8. The molecule has 2 heterocycles. The minimum absolute atomic E-state index is 0.00711. The second kappa shape index (κ2) is 5.83. The largest absolute Gasteiger partial charge is 0.353 e. The van der Waals surface area contributed by atoms with E-state index in [0.29, 0.717) is 12.3 Å². The molecule has 2 aromatic carbocycles. The lowest BCUT2D eigenvalue weighted by molar-refractivity contribution is 0.414. The predicted molar refractivity (Wildman–Crippen MR) is 113 cm³/mol. The third-order valence-electron chi connectivity index (χ3n) is 6.25. The molecule has 2 aliphatic heterocycles. The third-order valence-corrected chi connectivity index (χ3v) is 6.25. The first-order valence-electron chi connectivity index (χ1n) is 9.52. The lowest BCUT2D eigenvalue weighted by atomic mass is 9.99. The van der Waals surface area contributed by atoms with Crippen LogP contribution < -0.4 is 19.6 Å². The Hall–Kier alpha value is -2.36. The summed E-state index contributed by atoms with van der Waals surface area (Å²) in [6, 6.07) is 17.5. The Labute approximate surface area is 157 Å². The summed E-state index contributed by atoms with van der Waals surface area (Å²) in [5.41, 5.74) is 5.31. The molecule has 0 spiro atoms. The zero-order valence-electron chi connectivity index (χ0n) is 16.8. The Bertz CT molecular complexity index is 815. The van der Waals surface area contributed by atoms with Crippen LogP contribution in [0.25, 0.3) is 0 Å². The molecule has 0 aromatic heterocycles. The van der Waals surface area contributed by atoms with Crippen LogP contribution in [0, 0.1) is 0 Å². The van der Waals surface area contributed by atoms with Gasteiger partial charge in [-0.05, 0) is 52.0 Å². The number of hydrogen-bond acceptors (Lipinski definition) is 4. The van der Waals surface area contributed by atoms with Gasteiger partial charge in [0, 0.05) is 20.6 Å². The van der Waals surface area contributed by atoms with Crippen molar-refractivity contribution in [3.8, 4) is 0 Å². The molecule has 0 radical (unpaired) electrons. The van der Waals surface area contributed by atoms with Gasteiger partial charge < -0.3 is 19.6 Å². The molecule has 138 valence electrons. The second-order valence-electron chi connectivity index (χ2n) is 8.27. The summed E-state index contributed by atoms with van der Waals surface area (Å²) in [7, 11) is 4.39. The van der Waals surface area contributed by atoms with Gasteiger partial charge in [0.1, 0.15) is 0 Å². The van der Waals surface area contributed by atoms with Crippen molar-refractivity contribution in [2.45, 2.75) is 45.6 Å². The van der Waals surface area contributed by atoms with Crippen molar-refractivity contribution in [1.82, 2.24) is 0 Å². The van der Waals surface area contributed by atoms with Gasteiger partial charge in [0.25, 0.3) is 0 Å². The fraction of sp³-hybridized carbons (Fsp3) is 0.455. The highest BCUT2D eigenvalue weighted by Crippen LogP contribution is 2.44. The molecule has 2 aliphatic rings. The second-order valence-corrected chi connectivity index (χ2v) is 8.27. The fourth-order valence-electron chi connectivity index (χ4n) is 4.70. The molecule has 0 saturated carbocycles. The van der Waals surface area contributed by atoms with Crippen LogP contribution in [0.3, 0.4) is 0 Å². The van der Waals surface area contributed by atoms with Crippen molar-refractivity contribution in [3.05, 3.63) is 48.5 Å². The molecule has 0 N–H and O–H groups in total. The van der Waals surface area contributed by atoms with Gasteiger partial charge in [-0.1, -0.05) is 24.3 Å². The molecule has 0 saturated heterocycles. The van der Waals surface area contributed by atoms with Gasteiger partial charge in [0.05, 0.1) is 40.6 Å². The van der Waals surface area contributed by atoms with Crippen LogP contribution in [0.2, 0.25) is 0 Å². The van der Waals surface area contributed by atoms with E-state index < -0.39 is 0 Å². The van der Waals surface area contributed by atoms with Gasteiger partial charge in [-0.25, -0.2) is 0 Å². The Morgan fingerprint density at radius 1 is 0.731 bits per heavy atom. The van der Waals surface area contributed by atoms with Gasteiger partial charge in [-0.15, -0.1) is 0 Å². The average molecular weight is 351 g/mol. The van der Waals surface area contributed by atoms with Gasteiger partial charge in [-0.3, -0.25) is 0 Å². The van der Waals surface area contributed by atoms with Crippen LogP contribution in [-0.2, 0) is 0 Å². The van der Waals surface area contributed by atoms with Gasteiger partial charge in [0.2, 0.25) is 0 Å². The Morgan fingerprint density at radius 2 is 1.19 bits per heavy atom. The number of anilines is 4. The van der Waals surface area contributed by atoms with Gasteiger partial charge >= 0.3 is 0 Å². The number of rotatable bonds is 3. The minimum Gasteiger partial charge on any atom is -0.353 e. The van der Waals surface area contributed by atoms with Crippen LogP contribution in [0.1, 0.15) is 27.7 Å². The molecular formula is C22H30N4. The van der Waals surface area contributed by atoms with E-state index in [1.54, 1.807) is 0 Å². The van der Waals surface area contributed by atoms with Crippen molar-refractivity contribution in [2.24, 2.45) is 0 Å². The molecule has 2 atom stereocenters. The zero-order chi connectivity index (χ0) is 18.6. The van der Waals surface area contributed by atoms with Crippen molar-refractivity contribution in [3.63, 3.8) is 0 Å². The average Bonchev–Trinajstić information content (AvgIpc) is 3.02. The Kier molecular flexibility index (Phi) is 3.83. The maximum atomic E-state index is 2.58. The predicted octanol–water partition coefficient (Wildman–Crippen LogP) is 4.37. The third kappa shape index (κ3) is 2.35. The Balaban J connectivity index is 1.68. The van der Waals surface area contributed by atoms with Crippen LogP contribution in [-0.4, -0.2) is 38.5 Å². The normalized spacial score (nSPS) is 22.1. The number of fused-ring (bicyclic) bond motifs is 2. The highest BCUT2D eigenvalue weighted by Gasteiger charge is 2.42. The molecule has 2 aromatic rings. The topological polar surface area (TPSA) is 13.0 Å². The summed E-state index contributed by atoms with van der Waals surface area (Å²) >= 11 is 0. The first-order chi connectivity index (χ1) is 12.3. The first kappa shape index (κ1) is 17.1. The van der Waals surface area contributed by atoms with Gasteiger partial charge in [-0.2, -0.15) is 0 Å².